The first-order valence-corrected chi connectivity index (χ1v) is 5.83. The van der Waals surface area contributed by atoms with E-state index in [1.165, 1.54) is 19.1 Å². The Labute approximate surface area is 110 Å². The fraction of sp³-hybridized carbons (Fsp3) is 0.417. The lowest BCUT2D eigenvalue weighted by Gasteiger charge is -2.19. The molecular formula is C12H16ClNO4. The Balaban J connectivity index is 2.76. The number of halogens is 1. The van der Waals surface area contributed by atoms with E-state index in [0.717, 1.165) is 0 Å². The van der Waals surface area contributed by atoms with Crippen LogP contribution in [0.2, 0.25) is 5.02 Å². The van der Waals surface area contributed by atoms with E-state index in [2.05, 4.69) is 5.32 Å². The zero-order valence-corrected chi connectivity index (χ0v) is 10.7. The molecule has 0 saturated heterocycles. The first kappa shape index (κ1) is 14.9. The topological polar surface area (TPSA) is 89.8 Å². The van der Waals surface area contributed by atoms with Crippen molar-refractivity contribution in [3.63, 3.8) is 0 Å². The molecule has 100 valence electrons. The van der Waals surface area contributed by atoms with Crippen LogP contribution in [0.4, 0.5) is 0 Å². The number of aliphatic hydroxyl groups excluding tert-OH is 3. The molecule has 2 unspecified atom stereocenters. The van der Waals surface area contributed by atoms with Crippen LogP contribution >= 0.6 is 11.6 Å². The molecule has 1 amide bonds. The third-order valence-corrected chi connectivity index (χ3v) is 2.87. The van der Waals surface area contributed by atoms with Crippen molar-refractivity contribution in [2.75, 3.05) is 6.54 Å². The molecule has 18 heavy (non-hydrogen) atoms. The van der Waals surface area contributed by atoms with Gasteiger partial charge in [-0.15, -0.1) is 0 Å². The monoisotopic (exact) mass is 273 g/mol. The first-order chi connectivity index (χ1) is 8.45. The maximum atomic E-state index is 10.7. The summed E-state index contributed by atoms with van der Waals surface area (Å²) in [7, 11) is 0. The third kappa shape index (κ3) is 3.96. The van der Waals surface area contributed by atoms with Gasteiger partial charge in [-0.3, -0.25) is 4.79 Å². The first-order valence-electron chi connectivity index (χ1n) is 5.45. The number of amides is 1. The summed E-state index contributed by atoms with van der Waals surface area (Å²) >= 11 is 5.82. The number of hydrogen-bond donors (Lipinski definition) is 4. The zero-order valence-electron chi connectivity index (χ0n) is 9.93. The van der Waals surface area contributed by atoms with Gasteiger partial charge in [0, 0.05) is 18.5 Å². The van der Waals surface area contributed by atoms with Crippen LogP contribution in [0.25, 0.3) is 0 Å². The summed E-state index contributed by atoms with van der Waals surface area (Å²) in [5, 5.41) is 31.4. The molecule has 2 atom stereocenters. The standard InChI is InChI=1S/C12H16ClNO4/c1-7(16)14-5-11(17)12(18)8-2-3-10(13)9(4-8)6-15/h2-4,11-12,15,17-18H,5-6H2,1H3,(H,14,16). The van der Waals surface area contributed by atoms with Crippen LogP contribution in [-0.2, 0) is 11.4 Å². The second-order valence-corrected chi connectivity index (χ2v) is 4.37. The van der Waals surface area contributed by atoms with Crippen molar-refractivity contribution in [1.29, 1.82) is 0 Å². The highest BCUT2D eigenvalue weighted by atomic mass is 35.5. The number of carbonyl (C=O) groups is 1. The second kappa shape index (κ2) is 6.70. The highest BCUT2D eigenvalue weighted by Crippen LogP contribution is 2.23. The average Bonchev–Trinajstić information content (AvgIpc) is 2.35. The minimum atomic E-state index is -1.15. The number of nitrogens with one attached hydrogen (secondary N) is 1. The van der Waals surface area contributed by atoms with Crippen LogP contribution in [0.5, 0.6) is 0 Å². The van der Waals surface area contributed by atoms with Crippen LogP contribution in [0, 0.1) is 0 Å². The third-order valence-electron chi connectivity index (χ3n) is 2.51. The lowest BCUT2D eigenvalue weighted by molar-refractivity contribution is -0.119. The van der Waals surface area contributed by atoms with Gasteiger partial charge in [-0.2, -0.15) is 0 Å². The summed E-state index contributed by atoms with van der Waals surface area (Å²) in [6, 6.07) is 4.61. The van der Waals surface area contributed by atoms with Gasteiger partial charge >= 0.3 is 0 Å². The second-order valence-electron chi connectivity index (χ2n) is 3.96. The van der Waals surface area contributed by atoms with Crippen molar-refractivity contribution in [3.8, 4) is 0 Å². The predicted octanol–water partition coefficient (Wildman–Crippen LogP) is 0.363. The predicted molar refractivity (Wildman–Crippen MR) is 67.0 cm³/mol. The van der Waals surface area contributed by atoms with Gasteiger partial charge in [-0.1, -0.05) is 17.7 Å². The number of rotatable bonds is 5. The number of benzene rings is 1. The fourth-order valence-electron chi connectivity index (χ4n) is 1.48. The molecule has 5 nitrogen and oxygen atoms in total. The van der Waals surface area contributed by atoms with E-state index in [1.54, 1.807) is 6.07 Å². The SMILES string of the molecule is CC(=O)NCC(O)C(O)c1ccc(Cl)c(CO)c1. The summed E-state index contributed by atoms with van der Waals surface area (Å²) in [5.74, 6) is -0.284. The summed E-state index contributed by atoms with van der Waals surface area (Å²) in [6.45, 7) is 1.03. The van der Waals surface area contributed by atoms with Crippen molar-refractivity contribution < 1.29 is 20.1 Å². The quantitative estimate of drug-likeness (QED) is 0.624. The molecule has 0 heterocycles. The summed E-state index contributed by atoms with van der Waals surface area (Å²) in [4.78, 5) is 10.7. The van der Waals surface area contributed by atoms with Gasteiger partial charge in [0.2, 0.25) is 5.91 Å². The van der Waals surface area contributed by atoms with Gasteiger partial charge in [-0.05, 0) is 23.3 Å². The fourth-order valence-corrected chi connectivity index (χ4v) is 1.66. The molecule has 0 aliphatic carbocycles. The molecular weight excluding hydrogens is 258 g/mol. The molecule has 0 aliphatic rings. The maximum absolute atomic E-state index is 10.7. The molecule has 0 saturated carbocycles. The normalized spacial score (nSPS) is 14.1. The van der Waals surface area contributed by atoms with Crippen LogP contribution in [0.1, 0.15) is 24.2 Å². The Morgan fingerprint density at radius 3 is 2.67 bits per heavy atom. The molecule has 0 bridgehead atoms. The van der Waals surface area contributed by atoms with E-state index in [4.69, 9.17) is 16.7 Å². The summed E-state index contributed by atoms with van der Waals surface area (Å²) in [6.07, 6.45) is -2.28. The Morgan fingerprint density at radius 2 is 2.11 bits per heavy atom. The van der Waals surface area contributed by atoms with E-state index >= 15 is 0 Å². The summed E-state index contributed by atoms with van der Waals surface area (Å²) in [5.41, 5.74) is 0.904. The van der Waals surface area contributed by atoms with E-state index in [1.807, 2.05) is 0 Å². The number of carbonyl (C=O) groups excluding carboxylic acids is 1. The molecule has 1 aromatic rings. The molecule has 0 spiro atoms. The van der Waals surface area contributed by atoms with E-state index < -0.39 is 12.2 Å². The highest BCUT2D eigenvalue weighted by Gasteiger charge is 2.19. The van der Waals surface area contributed by atoms with Gasteiger partial charge < -0.3 is 20.6 Å². The van der Waals surface area contributed by atoms with E-state index in [0.29, 0.717) is 16.1 Å². The van der Waals surface area contributed by atoms with Crippen molar-refractivity contribution in [1.82, 2.24) is 5.32 Å². The van der Waals surface area contributed by atoms with Gasteiger partial charge in [-0.25, -0.2) is 0 Å². The van der Waals surface area contributed by atoms with E-state index in [-0.39, 0.29) is 19.1 Å². The molecule has 1 aromatic carbocycles. The van der Waals surface area contributed by atoms with Gasteiger partial charge in [0.05, 0.1) is 6.61 Å². The van der Waals surface area contributed by atoms with Gasteiger partial charge in [0.25, 0.3) is 0 Å². The molecule has 1 rings (SSSR count). The molecule has 4 N–H and O–H groups in total. The van der Waals surface area contributed by atoms with Crippen molar-refractivity contribution in [3.05, 3.63) is 34.3 Å². The lowest BCUT2D eigenvalue weighted by Crippen LogP contribution is -2.34. The minimum Gasteiger partial charge on any atom is -0.392 e. The Hall–Kier alpha value is -1.14. The minimum absolute atomic E-state index is 0.0480. The van der Waals surface area contributed by atoms with Crippen LogP contribution in [-0.4, -0.2) is 33.9 Å². The maximum Gasteiger partial charge on any atom is 0.216 e. The number of hydrogen-bond acceptors (Lipinski definition) is 4. The Morgan fingerprint density at radius 1 is 1.44 bits per heavy atom. The smallest absolute Gasteiger partial charge is 0.216 e. The largest absolute Gasteiger partial charge is 0.392 e. The van der Waals surface area contributed by atoms with Crippen molar-refractivity contribution in [2.24, 2.45) is 0 Å². The van der Waals surface area contributed by atoms with Crippen molar-refractivity contribution in [2.45, 2.75) is 25.7 Å². The van der Waals surface area contributed by atoms with Gasteiger partial charge in [0.15, 0.2) is 0 Å². The average molecular weight is 274 g/mol. The molecule has 0 aliphatic heterocycles. The summed E-state index contributed by atoms with van der Waals surface area (Å²) < 4.78 is 0. The van der Waals surface area contributed by atoms with Gasteiger partial charge in [0.1, 0.15) is 12.2 Å². The molecule has 0 aromatic heterocycles. The Bertz CT molecular complexity index is 425. The molecule has 6 heteroatoms. The van der Waals surface area contributed by atoms with Crippen molar-refractivity contribution >= 4 is 17.5 Å². The van der Waals surface area contributed by atoms with E-state index in [9.17, 15) is 15.0 Å². The van der Waals surface area contributed by atoms with Crippen LogP contribution < -0.4 is 5.32 Å². The molecule has 0 radical (unpaired) electrons. The Kier molecular flexibility index (Phi) is 5.55. The number of aliphatic hydroxyl groups is 3. The lowest BCUT2D eigenvalue weighted by atomic mass is 10.0. The van der Waals surface area contributed by atoms with Crippen LogP contribution in [0.15, 0.2) is 18.2 Å². The zero-order chi connectivity index (χ0) is 13.7. The molecule has 0 fully saturated rings. The highest BCUT2D eigenvalue weighted by molar-refractivity contribution is 6.31. The van der Waals surface area contributed by atoms with Crippen LogP contribution in [0.3, 0.4) is 0 Å².